The zero-order chi connectivity index (χ0) is 14.7. The van der Waals surface area contributed by atoms with E-state index >= 15 is 0 Å². The molecule has 1 N–H and O–H groups in total. The Hall–Kier alpha value is -1.85. The van der Waals surface area contributed by atoms with Crippen LogP contribution in [0.3, 0.4) is 0 Å². The van der Waals surface area contributed by atoms with Crippen molar-refractivity contribution in [1.82, 2.24) is 10.1 Å². The highest BCUT2D eigenvalue weighted by Crippen LogP contribution is 2.25. The van der Waals surface area contributed by atoms with Crippen molar-refractivity contribution in [2.75, 3.05) is 6.54 Å². The van der Waals surface area contributed by atoms with Gasteiger partial charge in [0.25, 0.3) is 5.91 Å². The number of amides is 1. The van der Waals surface area contributed by atoms with Crippen LogP contribution in [-0.2, 0) is 4.79 Å². The van der Waals surface area contributed by atoms with Crippen LogP contribution < -0.4 is 0 Å². The molecule has 110 valence electrons. The highest BCUT2D eigenvalue weighted by atomic mass is 16.5. The highest BCUT2D eigenvalue weighted by molar-refractivity contribution is 5.96. The molecule has 1 aliphatic rings. The second-order valence-corrected chi connectivity index (χ2v) is 5.28. The summed E-state index contributed by atoms with van der Waals surface area (Å²) in [6.45, 7) is 4.15. The molecule has 0 aliphatic carbocycles. The first kappa shape index (κ1) is 14.6. The lowest BCUT2D eigenvalue weighted by Crippen LogP contribution is -2.44. The predicted molar refractivity (Wildman–Crippen MR) is 71.5 cm³/mol. The van der Waals surface area contributed by atoms with E-state index in [0.717, 1.165) is 19.3 Å². The third-order valence-electron chi connectivity index (χ3n) is 3.83. The summed E-state index contributed by atoms with van der Waals surface area (Å²) < 4.78 is 5.05. The van der Waals surface area contributed by atoms with Crippen molar-refractivity contribution in [3.63, 3.8) is 0 Å². The van der Waals surface area contributed by atoms with Gasteiger partial charge in [0.2, 0.25) is 0 Å². The quantitative estimate of drug-likeness (QED) is 0.913. The Balaban J connectivity index is 2.15. The van der Waals surface area contributed by atoms with E-state index in [1.165, 1.54) is 0 Å². The topological polar surface area (TPSA) is 83.6 Å². The van der Waals surface area contributed by atoms with Crippen molar-refractivity contribution in [2.24, 2.45) is 0 Å². The molecule has 1 aromatic heterocycles. The number of nitrogens with zero attached hydrogens (tertiary/aromatic N) is 2. The fourth-order valence-electron chi connectivity index (χ4n) is 2.79. The maximum atomic E-state index is 12.6. The number of carboxylic acid groups (broad SMARTS) is 1. The predicted octanol–water partition coefficient (Wildman–Crippen LogP) is 2.15. The van der Waals surface area contributed by atoms with Crippen LogP contribution in [0.5, 0.6) is 0 Å². The minimum atomic E-state index is -0.819. The molecule has 1 fully saturated rings. The van der Waals surface area contributed by atoms with E-state index in [1.807, 2.05) is 0 Å². The first-order valence-corrected chi connectivity index (χ1v) is 6.96. The number of carbonyl (C=O) groups is 2. The fraction of sp³-hybridized carbons (Fsp3) is 0.643. The SMILES string of the molecule is Cc1noc(C)c1C(=O)N1CCCC[C@@H]1CCC(=O)O. The summed E-state index contributed by atoms with van der Waals surface area (Å²) in [5, 5.41) is 12.6. The van der Waals surface area contributed by atoms with E-state index in [2.05, 4.69) is 5.16 Å². The number of aromatic nitrogens is 1. The molecule has 0 bridgehead atoms. The first-order valence-electron chi connectivity index (χ1n) is 6.96. The first-order chi connectivity index (χ1) is 9.50. The lowest BCUT2D eigenvalue weighted by atomic mass is 9.96. The molecule has 0 aromatic carbocycles. The third-order valence-corrected chi connectivity index (χ3v) is 3.83. The van der Waals surface area contributed by atoms with E-state index in [1.54, 1.807) is 18.7 Å². The van der Waals surface area contributed by atoms with Crippen LogP contribution in [-0.4, -0.2) is 39.6 Å². The number of carboxylic acids is 1. The summed E-state index contributed by atoms with van der Waals surface area (Å²) >= 11 is 0. The molecular weight excluding hydrogens is 260 g/mol. The molecule has 6 nitrogen and oxygen atoms in total. The molecule has 1 aromatic rings. The second-order valence-electron chi connectivity index (χ2n) is 5.28. The number of carbonyl (C=O) groups excluding carboxylic acids is 1. The zero-order valence-corrected chi connectivity index (χ0v) is 11.9. The second kappa shape index (κ2) is 6.07. The van der Waals surface area contributed by atoms with Gasteiger partial charge in [0, 0.05) is 19.0 Å². The highest BCUT2D eigenvalue weighted by Gasteiger charge is 2.30. The van der Waals surface area contributed by atoms with E-state index in [-0.39, 0.29) is 18.4 Å². The molecule has 0 saturated carbocycles. The molecule has 1 amide bonds. The fourth-order valence-corrected chi connectivity index (χ4v) is 2.79. The zero-order valence-electron chi connectivity index (χ0n) is 11.9. The van der Waals surface area contributed by atoms with Crippen molar-refractivity contribution >= 4 is 11.9 Å². The van der Waals surface area contributed by atoms with Crippen molar-refractivity contribution in [2.45, 2.75) is 52.0 Å². The van der Waals surface area contributed by atoms with Gasteiger partial charge in [-0.05, 0) is 39.5 Å². The van der Waals surface area contributed by atoms with Crippen LogP contribution in [0.25, 0.3) is 0 Å². The Morgan fingerprint density at radius 1 is 1.40 bits per heavy atom. The standard InChI is InChI=1S/C14H20N2O4/c1-9-13(10(2)20-15-9)14(19)16-8-4-3-5-11(16)6-7-12(17)18/h11H,3-8H2,1-2H3,(H,17,18)/t11-/m1/s1. The lowest BCUT2D eigenvalue weighted by molar-refractivity contribution is -0.137. The minimum Gasteiger partial charge on any atom is -0.481 e. The average molecular weight is 280 g/mol. The van der Waals surface area contributed by atoms with Crippen LogP contribution in [0.2, 0.25) is 0 Å². The molecule has 1 atom stereocenters. The van der Waals surface area contributed by atoms with Gasteiger partial charge in [0.05, 0.1) is 5.69 Å². The number of piperidine rings is 1. The van der Waals surface area contributed by atoms with Gasteiger partial charge in [0.15, 0.2) is 0 Å². The smallest absolute Gasteiger partial charge is 0.303 e. The molecule has 1 saturated heterocycles. The minimum absolute atomic E-state index is 0.000972. The Kier molecular flexibility index (Phi) is 4.42. The summed E-state index contributed by atoms with van der Waals surface area (Å²) in [5.41, 5.74) is 1.11. The van der Waals surface area contributed by atoms with Crippen LogP contribution in [0.1, 0.15) is 53.9 Å². The summed E-state index contributed by atoms with van der Waals surface area (Å²) in [4.78, 5) is 25.2. The third kappa shape index (κ3) is 3.00. The van der Waals surface area contributed by atoms with Crippen LogP contribution in [0.4, 0.5) is 0 Å². The van der Waals surface area contributed by atoms with Crippen LogP contribution in [0.15, 0.2) is 4.52 Å². The lowest BCUT2D eigenvalue weighted by Gasteiger charge is -2.35. The Bertz CT molecular complexity index is 490. The largest absolute Gasteiger partial charge is 0.481 e. The van der Waals surface area contributed by atoms with Gasteiger partial charge in [-0.15, -0.1) is 0 Å². The molecule has 0 spiro atoms. The molecule has 0 unspecified atom stereocenters. The van der Waals surface area contributed by atoms with Gasteiger partial charge in [-0.2, -0.15) is 0 Å². The molecule has 6 heteroatoms. The maximum absolute atomic E-state index is 12.6. The monoisotopic (exact) mass is 280 g/mol. The van der Waals surface area contributed by atoms with Crippen LogP contribution in [0, 0.1) is 13.8 Å². The average Bonchev–Trinajstić information content (AvgIpc) is 2.75. The Labute approximate surface area is 117 Å². The number of aryl methyl sites for hydroxylation is 2. The Morgan fingerprint density at radius 2 is 2.15 bits per heavy atom. The molecule has 1 aliphatic heterocycles. The summed E-state index contributed by atoms with van der Waals surface area (Å²) in [7, 11) is 0. The van der Waals surface area contributed by atoms with Crippen molar-refractivity contribution in [3.05, 3.63) is 17.0 Å². The van der Waals surface area contributed by atoms with Gasteiger partial charge in [-0.1, -0.05) is 5.16 Å². The Morgan fingerprint density at radius 3 is 2.75 bits per heavy atom. The number of rotatable bonds is 4. The molecule has 2 heterocycles. The number of hydrogen-bond acceptors (Lipinski definition) is 4. The van der Waals surface area contributed by atoms with E-state index in [9.17, 15) is 9.59 Å². The summed E-state index contributed by atoms with van der Waals surface area (Å²) in [6, 6.07) is 0.000972. The van der Waals surface area contributed by atoms with Crippen molar-refractivity contribution in [1.29, 1.82) is 0 Å². The molecular formula is C14H20N2O4. The van der Waals surface area contributed by atoms with Gasteiger partial charge < -0.3 is 14.5 Å². The molecule has 2 rings (SSSR count). The number of likely N-dealkylation sites (tertiary alicyclic amines) is 1. The van der Waals surface area contributed by atoms with Gasteiger partial charge in [0.1, 0.15) is 11.3 Å². The van der Waals surface area contributed by atoms with Gasteiger partial charge in [-0.3, -0.25) is 9.59 Å². The van der Waals surface area contributed by atoms with Crippen molar-refractivity contribution < 1.29 is 19.2 Å². The van der Waals surface area contributed by atoms with Crippen molar-refractivity contribution in [3.8, 4) is 0 Å². The summed E-state index contributed by atoms with van der Waals surface area (Å²) in [5.74, 6) is -0.383. The maximum Gasteiger partial charge on any atom is 0.303 e. The van der Waals surface area contributed by atoms with Crippen LogP contribution >= 0.6 is 0 Å². The van der Waals surface area contributed by atoms with E-state index in [4.69, 9.17) is 9.63 Å². The number of hydrogen-bond donors (Lipinski definition) is 1. The molecule has 0 radical (unpaired) electrons. The van der Waals surface area contributed by atoms with E-state index in [0.29, 0.717) is 30.0 Å². The van der Waals surface area contributed by atoms with Gasteiger partial charge >= 0.3 is 5.97 Å². The van der Waals surface area contributed by atoms with Gasteiger partial charge in [-0.25, -0.2) is 0 Å². The number of aliphatic carboxylic acids is 1. The normalized spacial score (nSPS) is 19.1. The summed E-state index contributed by atoms with van der Waals surface area (Å²) in [6.07, 6.45) is 3.46. The molecule has 20 heavy (non-hydrogen) atoms. The van der Waals surface area contributed by atoms with E-state index < -0.39 is 5.97 Å².